The summed E-state index contributed by atoms with van der Waals surface area (Å²) in [7, 11) is 0. The van der Waals surface area contributed by atoms with Gasteiger partial charge in [-0.25, -0.2) is 9.18 Å². The number of benzene rings is 2. The Morgan fingerprint density at radius 2 is 2.04 bits per heavy atom. The van der Waals surface area contributed by atoms with Gasteiger partial charge in [-0.15, -0.1) is 0 Å². The quantitative estimate of drug-likeness (QED) is 0.290. The Balaban J connectivity index is 1.96. The molecule has 0 bridgehead atoms. The molecule has 23 heavy (non-hydrogen) atoms. The number of carbonyl (C=O) groups excluding carboxylic acids is 1. The number of esters is 1. The fourth-order valence-electron chi connectivity index (χ4n) is 2.00. The van der Waals surface area contributed by atoms with Crippen molar-refractivity contribution in [1.29, 1.82) is 0 Å². The molecule has 1 aromatic heterocycles. The zero-order valence-corrected chi connectivity index (χ0v) is 12.9. The van der Waals surface area contributed by atoms with E-state index in [1.807, 2.05) is 0 Å². The Bertz CT molecular complexity index is 937. The minimum absolute atomic E-state index is 0.148. The minimum Gasteiger partial charge on any atom is -0.448 e. The standard InChI is InChI=1S/C15H7BrFNO5/c16-10-3-1-2-8-6-13(22-14(8)10)15(19)23-12-7-9(17)4-5-11(12)18(20)21/h1-7H. The Morgan fingerprint density at radius 1 is 1.26 bits per heavy atom. The van der Waals surface area contributed by atoms with Gasteiger partial charge in [0.1, 0.15) is 11.4 Å². The van der Waals surface area contributed by atoms with Crippen molar-refractivity contribution < 1.29 is 23.3 Å². The predicted octanol–water partition coefficient (Wildman–Crippen LogP) is 4.46. The normalized spacial score (nSPS) is 10.7. The number of hydrogen-bond donors (Lipinski definition) is 0. The predicted molar refractivity (Wildman–Crippen MR) is 81.9 cm³/mol. The lowest BCUT2D eigenvalue weighted by Crippen LogP contribution is -2.09. The molecule has 0 unspecified atom stereocenters. The first-order valence-corrected chi connectivity index (χ1v) is 7.09. The van der Waals surface area contributed by atoms with Crippen molar-refractivity contribution in [3.63, 3.8) is 0 Å². The van der Waals surface area contributed by atoms with Crippen LogP contribution in [0, 0.1) is 15.9 Å². The Kier molecular flexibility index (Phi) is 3.83. The van der Waals surface area contributed by atoms with E-state index >= 15 is 0 Å². The summed E-state index contributed by atoms with van der Waals surface area (Å²) in [5, 5.41) is 11.6. The zero-order chi connectivity index (χ0) is 16.6. The second-order valence-electron chi connectivity index (χ2n) is 4.53. The summed E-state index contributed by atoms with van der Waals surface area (Å²) in [6.07, 6.45) is 0. The van der Waals surface area contributed by atoms with Gasteiger partial charge in [0.15, 0.2) is 0 Å². The maximum absolute atomic E-state index is 13.2. The van der Waals surface area contributed by atoms with Gasteiger partial charge in [0.05, 0.1) is 9.40 Å². The summed E-state index contributed by atoms with van der Waals surface area (Å²) in [5.74, 6) is -2.35. The zero-order valence-electron chi connectivity index (χ0n) is 11.3. The van der Waals surface area contributed by atoms with Crippen molar-refractivity contribution in [2.45, 2.75) is 0 Å². The van der Waals surface area contributed by atoms with Gasteiger partial charge in [0.25, 0.3) is 0 Å². The topological polar surface area (TPSA) is 82.6 Å². The molecule has 0 aliphatic heterocycles. The molecular formula is C15H7BrFNO5. The molecule has 0 spiro atoms. The molecule has 0 aliphatic rings. The molecular weight excluding hydrogens is 373 g/mol. The fourth-order valence-corrected chi connectivity index (χ4v) is 2.46. The first-order chi connectivity index (χ1) is 11.0. The molecule has 8 heteroatoms. The Labute approximate surface area is 136 Å². The van der Waals surface area contributed by atoms with Crippen LogP contribution in [0.4, 0.5) is 10.1 Å². The molecule has 0 N–H and O–H groups in total. The van der Waals surface area contributed by atoms with E-state index in [1.54, 1.807) is 18.2 Å². The third kappa shape index (κ3) is 2.93. The second-order valence-corrected chi connectivity index (χ2v) is 5.38. The number of fused-ring (bicyclic) bond motifs is 1. The van der Waals surface area contributed by atoms with Gasteiger partial charge >= 0.3 is 11.7 Å². The molecule has 116 valence electrons. The number of nitro groups is 1. The molecule has 0 saturated carbocycles. The highest BCUT2D eigenvalue weighted by molar-refractivity contribution is 9.10. The number of halogens is 2. The van der Waals surface area contributed by atoms with E-state index < -0.39 is 28.1 Å². The number of para-hydroxylation sites is 1. The van der Waals surface area contributed by atoms with Gasteiger partial charge in [-0.05, 0) is 34.1 Å². The Morgan fingerprint density at radius 3 is 2.74 bits per heavy atom. The summed E-state index contributed by atoms with van der Waals surface area (Å²) in [6, 6.07) is 9.26. The van der Waals surface area contributed by atoms with Gasteiger partial charge < -0.3 is 9.15 Å². The number of ether oxygens (including phenoxy) is 1. The van der Waals surface area contributed by atoms with E-state index in [4.69, 9.17) is 9.15 Å². The lowest BCUT2D eigenvalue weighted by molar-refractivity contribution is -0.385. The third-order valence-electron chi connectivity index (χ3n) is 3.02. The van der Waals surface area contributed by atoms with Crippen LogP contribution >= 0.6 is 15.9 Å². The number of furan rings is 1. The summed E-state index contributed by atoms with van der Waals surface area (Å²) in [5.41, 5.74) is -0.0785. The Hall–Kier alpha value is -2.74. The highest BCUT2D eigenvalue weighted by Gasteiger charge is 2.22. The van der Waals surface area contributed by atoms with E-state index in [1.165, 1.54) is 6.07 Å². The van der Waals surface area contributed by atoms with E-state index in [2.05, 4.69) is 15.9 Å². The highest BCUT2D eigenvalue weighted by Crippen LogP contribution is 2.30. The molecule has 3 rings (SSSR count). The second kappa shape index (κ2) is 5.81. The van der Waals surface area contributed by atoms with Crippen LogP contribution in [-0.2, 0) is 0 Å². The molecule has 1 heterocycles. The summed E-state index contributed by atoms with van der Waals surface area (Å²) in [4.78, 5) is 22.2. The number of nitro benzene ring substituents is 1. The van der Waals surface area contributed by atoms with Crippen LogP contribution in [0.3, 0.4) is 0 Å². The summed E-state index contributed by atoms with van der Waals surface area (Å²) in [6.45, 7) is 0. The van der Waals surface area contributed by atoms with Crippen LogP contribution in [-0.4, -0.2) is 10.9 Å². The SMILES string of the molecule is O=C(Oc1cc(F)ccc1[N+](=O)[O-])c1cc2cccc(Br)c2o1. The third-order valence-corrected chi connectivity index (χ3v) is 3.64. The summed E-state index contributed by atoms with van der Waals surface area (Å²) < 4.78 is 24.2. The van der Waals surface area contributed by atoms with Crippen LogP contribution < -0.4 is 4.74 Å². The smallest absolute Gasteiger partial charge is 0.379 e. The van der Waals surface area contributed by atoms with Crippen molar-refractivity contribution in [2.75, 3.05) is 0 Å². The van der Waals surface area contributed by atoms with Gasteiger partial charge in [-0.1, -0.05) is 12.1 Å². The van der Waals surface area contributed by atoms with Gasteiger partial charge in [-0.2, -0.15) is 0 Å². The molecule has 0 atom stereocenters. The first-order valence-electron chi connectivity index (χ1n) is 6.30. The largest absolute Gasteiger partial charge is 0.448 e. The average Bonchev–Trinajstić information content (AvgIpc) is 2.92. The molecule has 3 aromatic rings. The first kappa shape index (κ1) is 15.2. The molecule has 0 radical (unpaired) electrons. The molecule has 0 amide bonds. The molecule has 0 fully saturated rings. The van der Waals surface area contributed by atoms with Crippen LogP contribution in [0.25, 0.3) is 11.0 Å². The van der Waals surface area contributed by atoms with Gasteiger partial charge in [-0.3, -0.25) is 10.1 Å². The molecule has 6 nitrogen and oxygen atoms in total. The van der Waals surface area contributed by atoms with E-state index in [-0.39, 0.29) is 5.76 Å². The van der Waals surface area contributed by atoms with Crippen molar-refractivity contribution >= 4 is 38.6 Å². The van der Waals surface area contributed by atoms with Crippen molar-refractivity contribution in [2.24, 2.45) is 0 Å². The summed E-state index contributed by atoms with van der Waals surface area (Å²) >= 11 is 3.28. The molecule has 0 saturated heterocycles. The number of rotatable bonds is 3. The maximum Gasteiger partial charge on any atom is 0.379 e. The maximum atomic E-state index is 13.2. The average molecular weight is 380 g/mol. The highest BCUT2D eigenvalue weighted by atomic mass is 79.9. The number of nitrogens with zero attached hydrogens (tertiary/aromatic N) is 1. The van der Waals surface area contributed by atoms with Crippen molar-refractivity contribution in [1.82, 2.24) is 0 Å². The lowest BCUT2D eigenvalue weighted by Gasteiger charge is -2.03. The van der Waals surface area contributed by atoms with Gasteiger partial charge in [0, 0.05) is 17.5 Å². The number of hydrogen-bond acceptors (Lipinski definition) is 5. The van der Waals surface area contributed by atoms with Crippen LogP contribution in [0.5, 0.6) is 5.75 Å². The fraction of sp³-hybridized carbons (Fsp3) is 0. The van der Waals surface area contributed by atoms with Crippen molar-refractivity contribution in [3.05, 3.63) is 68.6 Å². The van der Waals surface area contributed by atoms with Crippen LogP contribution in [0.1, 0.15) is 10.6 Å². The van der Waals surface area contributed by atoms with E-state index in [0.717, 1.165) is 18.2 Å². The minimum atomic E-state index is -0.957. The van der Waals surface area contributed by atoms with E-state index in [0.29, 0.717) is 15.4 Å². The number of carbonyl (C=O) groups is 1. The lowest BCUT2D eigenvalue weighted by atomic mass is 10.2. The molecule has 2 aromatic carbocycles. The van der Waals surface area contributed by atoms with Crippen molar-refractivity contribution in [3.8, 4) is 5.75 Å². The van der Waals surface area contributed by atoms with Crippen LogP contribution in [0.2, 0.25) is 0 Å². The monoisotopic (exact) mass is 379 g/mol. The van der Waals surface area contributed by atoms with Gasteiger partial charge in [0.2, 0.25) is 11.5 Å². The molecule has 0 aliphatic carbocycles. The van der Waals surface area contributed by atoms with Crippen LogP contribution in [0.15, 0.2) is 51.4 Å². The van der Waals surface area contributed by atoms with E-state index in [9.17, 15) is 19.3 Å².